The summed E-state index contributed by atoms with van der Waals surface area (Å²) >= 11 is 0. The van der Waals surface area contributed by atoms with Crippen molar-refractivity contribution in [3.63, 3.8) is 0 Å². The molecule has 0 bridgehead atoms. The van der Waals surface area contributed by atoms with E-state index in [1.807, 2.05) is 60.7 Å². The molecule has 5 atom stereocenters. The quantitative estimate of drug-likeness (QED) is 0.268. The van der Waals surface area contributed by atoms with Crippen LogP contribution in [0.4, 0.5) is 6.01 Å². The fourth-order valence-electron chi connectivity index (χ4n) is 5.44. The number of nitrogens with zero attached hydrogens (tertiary/aromatic N) is 2. The summed E-state index contributed by atoms with van der Waals surface area (Å²) in [6.45, 7) is -0.0673. The van der Waals surface area contributed by atoms with Gasteiger partial charge in [0.25, 0.3) is 0 Å². The molecule has 0 amide bonds. The van der Waals surface area contributed by atoms with Gasteiger partial charge in [0, 0.05) is 18.1 Å². The number of aliphatic hydroxyl groups is 3. The highest BCUT2D eigenvalue weighted by atomic mass is 16.5. The third-order valence-electron chi connectivity index (χ3n) is 7.12. The van der Waals surface area contributed by atoms with Gasteiger partial charge in [-0.05, 0) is 17.7 Å². The minimum atomic E-state index is -1.83. The van der Waals surface area contributed by atoms with Gasteiger partial charge < -0.3 is 44.4 Å². The number of benzene rings is 3. The van der Waals surface area contributed by atoms with Crippen LogP contribution in [-0.2, 0) is 5.60 Å². The van der Waals surface area contributed by atoms with Gasteiger partial charge >= 0.3 is 6.01 Å². The molecule has 40 heavy (non-hydrogen) atoms. The highest BCUT2D eigenvalue weighted by Gasteiger charge is 2.68. The summed E-state index contributed by atoms with van der Waals surface area (Å²) in [6, 6.07) is 22.1. The number of anilines is 1. The second-order valence-corrected chi connectivity index (χ2v) is 9.34. The molecular weight excluding hydrogens is 518 g/mol. The molecule has 4 aromatic rings. The summed E-state index contributed by atoms with van der Waals surface area (Å²) in [5.74, 6) is 0.733. The molecule has 0 radical (unpaired) electrons. The molecule has 11 nitrogen and oxygen atoms in total. The van der Waals surface area contributed by atoms with Gasteiger partial charge in [-0.15, -0.1) is 5.10 Å². The van der Waals surface area contributed by atoms with Gasteiger partial charge in [-0.1, -0.05) is 53.6 Å². The van der Waals surface area contributed by atoms with E-state index >= 15 is 0 Å². The highest BCUT2D eigenvalue weighted by molar-refractivity contribution is 5.59. The molecule has 2 heterocycles. The molecule has 5 N–H and O–H groups in total. The Labute approximate surface area is 230 Å². The molecule has 1 saturated carbocycles. The number of nitrogens with two attached hydrogens (primary N) is 1. The Morgan fingerprint density at radius 3 is 2.20 bits per heavy atom. The van der Waals surface area contributed by atoms with E-state index in [1.165, 1.54) is 7.11 Å². The Bertz CT molecular complexity index is 1420. The predicted octanol–water partition coefficient (Wildman–Crippen LogP) is 2.62. The Morgan fingerprint density at radius 2 is 1.62 bits per heavy atom. The van der Waals surface area contributed by atoms with Gasteiger partial charge in [0.15, 0.2) is 5.60 Å². The number of hydrogen-bond donors (Lipinski definition) is 4. The molecule has 1 aliphatic heterocycles. The topological polar surface area (TPSA) is 163 Å². The van der Waals surface area contributed by atoms with Gasteiger partial charge in [-0.25, -0.2) is 0 Å². The summed E-state index contributed by atoms with van der Waals surface area (Å²) in [4.78, 5) is 0. The normalized spacial score (nSPS) is 24.2. The summed E-state index contributed by atoms with van der Waals surface area (Å²) in [6.07, 6.45) is -2.24. The molecule has 6 rings (SSSR count). The van der Waals surface area contributed by atoms with Crippen molar-refractivity contribution in [2.75, 3.05) is 33.2 Å². The fourth-order valence-corrected chi connectivity index (χ4v) is 5.44. The molecule has 1 fully saturated rings. The van der Waals surface area contributed by atoms with Crippen LogP contribution >= 0.6 is 0 Å². The van der Waals surface area contributed by atoms with Crippen molar-refractivity contribution in [3.05, 3.63) is 89.8 Å². The number of nitrogen functional groups attached to an aromatic ring is 1. The zero-order valence-electron chi connectivity index (χ0n) is 22.0. The molecular formula is C29H31N3O8. The SMILES string of the molecule is COc1cc(OCCO)cc2c1[C@]1(O)C(O)C(c3nnc(N)o3)[C@@H](c3ccccc3)C1O2.COc1ccccc1. The standard InChI is InChI=1S/C22H23N3O7.C7H8O/c1-29-13-9-12(30-8-7-26)10-14-17(13)22(28)18(27)16(20-24-25-21(23)32-20)15(19(22)31-14)11-5-3-2-4-6-11;1-8-7-5-3-2-4-6-7/h2-6,9-10,15-16,18-19,26-28H,7-8H2,1H3,(H2,23,25);2-6H,1H3/t15-,16?,18?,19?,22+;/m1./s1. The highest BCUT2D eigenvalue weighted by Crippen LogP contribution is 2.62. The van der Waals surface area contributed by atoms with Crippen molar-refractivity contribution in [2.24, 2.45) is 0 Å². The van der Waals surface area contributed by atoms with Crippen LogP contribution in [0.2, 0.25) is 0 Å². The van der Waals surface area contributed by atoms with Crippen molar-refractivity contribution in [1.29, 1.82) is 0 Å². The Morgan fingerprint density at radius 1 is 0.925 bits per heavy atom. The van der Waals surface area contributed by atoms with Crippen LogP contribution in [0.15, 0.2) is 77.2 Å². The van der Waals surface area contributed by atoms with Crippen molar-refractivity contribution in [3.8, 4) is 23.0 Å². The summed E-state index contributed by atoms with van der Waals surface area (Å²) in [5.41, 5.74) is 4.93. The van der Waals surface area contributed by atoms with Gasteiger partial charge in [0.1, 0.15) is 41.8 Å². The molecule has 2 aliphatic rings. The van der Waals surface area contributed by atoms with Gasteiger partial charge in [-0.2, -0.15) is 0 Å². The number of hydrogen-bond acceptors (Lipinski definition) is 11. The molecule has 0 spiro atoms. The molecule has 1 aromatic heterocycles. The second kappa shape index (κ2) is 11.4. The average Bonchev–Trinajstić information content (AvgIpc) is 3.61. The number of fused-ring (bicyclic) bond motifs is 3. The molecule has 0 saturated heterocycles. The van der Waals surface area contributed by atoms with Gasteiger partial charge in [0.2, 0.25) is 5.89 Å². The van der Waals surface area contributed by atoms with E-state index in [9.17, 15) is 10.2 Å². The minimum Gasteiger partial charge on any atom is -0.497 e. The number of aliphatic hydroxyl groups excluding tert-OH is 2. The zero-order chi connectivity index (χ0) is 28.3. The zero-order valence-corrected chi connectivity index (χ0v) is 22.0. The lowest BCUT2D eigenvalue weighted by molar-refractivity contribution is -0.0956. The summed E-state index contributed by atoms with van der Waals surface area (Å²) in [5, 5.41) is 40.2. The van der Waals surface area contributed by atoms with E-state index in [0.29, 0.717) is 17.1 Å². The van der Waals surface area contributed by atoms with Crippen molar-refractivity contribution < 1.29 is 38.7 Å². The van der Waals surface area contributed by atoms with E-state index in [4.69, 9.17) is 34.2 Å². The fraction of sp³-hybridized carbons (Fsp3) is 0.310. The van der Waals surface area contributed by atoms with E-state index in [0.717, 1.165) is 11.3 Å². The van der Waals surface area contributed by atoms with Crippen molar-refractivity contribution in [2.45, 2.75) is 29.6 Å². The first-order valence-corrected chi connectivity index (χ1v) is 12.7. The Hall–Kier alpha value is -4.32. The molecule has 3 unspecified atom stereocenters. The number of ether oxygens (including phenoxy) is 4. The predicted molar refractivity (Wildman–Crippen MR) is 144 cm³/mol. The monoisotopic (exact) mass is 549 g/mol. The van der Waals surface area contributed by atoms with Gasteiger partial charge in [-0.3, -0.25) is 0 Å². The Kier molecular flexibility index (Phi) is 7.78. The lowest BCUT2D eigenvalue weighted by Gasteiger charge is -2.27. The molecule has 11 heteroatoms. The molecule has 3 aromatic carbocycles. The number of aromatic nitrogens is 2. The van der Waals surface area contributed by atoms with Crippen LogP contribution in [0.5, 0.6) is 23.0 Å². The van der Waals surface area contributed by atoms with Crippen LogP contribution in [0.1, 0.15) is 28.9 Å². The number of rotatable bonds is 7. The number of methoxy groups -OCH3 is 2. The lowest BCUT2D eigenvalue weighted by atomic mass is 9.86. The van der Waals surface area contributed by atoms with E-state index in [1.54, 1.807) is 19.2 Å². The maximum atomic E-state index is 11.9. The van der Waals surface area contributed by atoms with Crippen LogP contribution in [0, 0.1) is 0 Å². The van der Waals surface area contributed by atoms with E-state index in [2.05, 4.69) is 10.2 Å². The van der Waals surface area contributed by atoms with Gasteiger partial charge in [0.05, 0.1) is 32.3 Å². The van der Waals surface area contributed by atoms with Crippen molar-refractivity contribution >= 4 is 6.01 Å². The van der Waals surface area contributed by atoms with Crippen LogP contribution in [0.3, 0.4) is 0 Å². The maximum Gasteiger partial charge on any atom is 0.312 e. The van der Waals surface area contributed by atoms with Crippen LogP contribution in [0.25, 0.3) is 0 Å². The lowest BCUT2D eigenvalue weighted by Crippen LogP contribution is -2.43. The largest absolute Gasteiger partial charge is 0.497 e. The van der Waals surface area contributed by atoms with E-state index < -0.39 is 29.6 Å². The van der Waals surface area contributed by atoms with E-state index in [-0.39, 0.29) is 30.9 Å². The maximum absolute atomic E-state index is 11.9. The average molecular weight is 550 g/mol. The Balaban J connectivity index is 0.000000348. The number of para-hydroxylation sites is 1. The molecule has 210 valence electrons. The smallest absolute Gasteiger partial charge is 0.312 e. The summed E-state index contributed by atoms with van der Waals surface area (Å²) in [7, 11) is 3.11. The first-order chi connectivity index (χ1) is 19.4. The third-order valence-corrected chi connectivity index (χ3v) is 7.12. The summed E-state index contributed by atoms with van der Waals surface area (Å²) < 4.78 is 27.6. The second-order valence-electron chi connectivity index (χ2n) is 9.34. The minimum absolute atomic E-state index is 0.0889. The first-order valence-electron chi connectivity index (χ1n) is 12.7. The van der Waals surface area contributed by atoms with Crippen LogP contribution < -0.4 is 24.7 Å². The first kappa shape index (κ1) is 27.3. The molecule has 1 aliphatic carbocycles. The third kappa shape index (κ3) is 4.79. The van der Waals surface area contributed by atoms with Crippen LogP contribution in [-0.4, -0.2) is 65.2 Å². The van der Waals surface area contributed by atoms with Crippen molar-refractivity contribution in [1.82, 2.24) is 10.2 Å².